The number of sulfonamides is 1. The van der Waals surface area contributed by atoms with Crippen molar-refractivity contribution in [1.29, 1.82) is 0 Å². The summed E-state index contributed by atoms with van der Waals surface area (Å²) in [6, 6.07) is 4.38. The molecule has 1 amide bonds. The van der Waals surface area contributed by atoms with Crippen LogP contribution in [0.15, 0.2) is 29.2 Å². The van der Waals surface area contributed by atoms with E-state index in [-0.39, 0.29) is 11.4 Å². The van der Waals surface area contributed by atoms with Crippen molar-refractivity contribution in [3.05, 3.63) is 30.1 Å². The molecule has 0 spiro atoms. The molecule has 0 aliphatic rings. The summed E-state index contributed by atoms with van der Waals surface area (Å²) in [5.41, 5.74) is 0. The highest BCUT2D eigenvalue weighted by molar-refractivity contribution is 7.89. The number of amides is 1. The highest BCUT2D eigenvalue weighted by Gasteiger charge is 2.14. The maximum absolute atomic E-state index is 12.6. The van der Waals surface area contributed by atoms with Gasteiger partial charge in [-0.3, -0.25) is 4.79 Å². The van der Waals surface area contributed by atoms with E-state index in [1.54, 1.807) is 0 Å². The van der Waals surface area contributed by atoms with Crippen molar-refractivity contribution < 1.29 is 17.6 Å². The maximum Gasteiger partial charge on any atom is 0.241 e. The van der Waals surface area contributed by atoms with E-state index in [9.17, 15) is 17.6 Å². The fourth-order valence-corrected chi connectivity index (χ4v) is 2.17. The van der Waals surface area contributed by atoms with Crippen LogP contribution in [0.2, 0.25) is 0 Å². The molecule has 0 heterocycles. The summed E-state index contributed by atoms with van der Waals surface area (Å²) < 4.78 is 38.2. The fraction of sp³-hybridized carbons (Fsp3) is 0.364. The number of hydrogen-bond acceptors (Lipinski definition) is 3. The first-order valence-corrected chi connectivity index (χ1v) is 6.96. The lowest BCUT2D eigenvalue weighted by atomic mass is 10.4. The summed E-state index contributed by atoms with van der Waals surface area (Å²) in [6.07, 6.45) is 0.774. The molecule has 1 rings (SSSR count). The molecular formula is C11H15FN2O3S. The van der Waals surface area contributed by atoms with Crippen LogP contribution in [0.3, 0.4) is 0 Å². The van der Waals surface area contributed by atoms with Gasteiger partial charge in [0, 0.05) is 6.54 Å². The van der Waals surface area contributed by atoms with Gasteiger partial charge in [-0.2, -0.15) is 0 Å². The summed E-state index contributed by atoms with van der Waals surface area (Å²) in [4.78, 5) is 11.2. The second-order valence-corrected chi connectivity index (χ2v) is 5.40. The highest BCUT2D eigenvalue weighted by Crippen LogP contribution is 2.08. The van der Waals surface area contributed by atoms with Gasteiger partial charge in [0.05, 0.1) is 11.4 Å². The molecule has 0 saturated heterocycles. The molecule has 7 heteroatoms. The number of halogens is 1. The average molecular weight is 274 g/mol. The van der Waals surface area contributed by atoms with E-state index < -0.39 is 21.7 Å². The Hall–Kier alpha value is -1.47. The smallest absolute Gasteiger partial charge is 0.241 e. The second kappa shape index (κ2) is 6.46. The molecule has 0 radical (unpaired) electrons. The molecule has 1 aromatic rings. The minimum absolute atomic E-state index is 0.0767. The minimum atomic E-state index is -3.77. The third-order valence-corrected chi connectivity index (χ3v) is 3.54. The van der Waals surface area contributed by atoms with Gasteiger partial charge in [-0.15, -0.1) is 0 Å². The van der Waals surface area contributed by atoms with Gasteiger partial charge in [0.1, 0.15) is 5.82 Å². The van der Waals surface area contributed by atoms with Crippen LogP contribution >= 0.6 is 0 Å². The van der Waals surface area contributed by atoms with Crippen LogP contribution in [-0.4, -0.2) is 27.4 Å². The summed E-state index contributed by atoms with van der Waals surface area (Å²) >= 11 is 0. The average Bonchev–Trinajstić information content (AvgIpc) is 2.34. The molecule has 0 fully saturated rings. The monoisotopic (exact) mass is 274 g/mol. The van der Waals surface area contributed by atoms with Crippen LogP contribution < -0.4 is 10.0 Å². The first-order chi connectivity index (χ1) is 8.45. The molecule has 0 atom stereocenters. The Morgan fingerprint density at radius 1 is 1.28 bits per heavy atom. The number of rotatable bonds is 6. The Labute approximate surface area is 105 Å². The summed E-state index contributed by atoms with van der Waals surface area (Å²) in [6.45, 7) is 2.06. The lowest BCUT2D eigenvalue weighted by Gasteiger charge is -2.07. The number of carbonyl (C=O) groups is 1. The Balaban J connectivity index is 2.60. The largest absolute Gasteiger partial charge is 0.355 e. The molecule has 0 bridgehead atoms. The summed E-state index contributed by atoms with van der Waals surface area (Å²) in [5, 5.41) is 2.54. The van der Waals surface area contributed by atoms with E-state index in [0.29, 0.717) is 6.54 Å². The predicted octanol–water partition coefficient (Wildman–Crippen LogP) is 0.630. The normalized spacial score (nSPS) is 11.2. The van der Waals surface area contributed by atoms with Gasteiger partial charge in [0.25, 0.3) is 0 Å². The van der Waals surface area contributed by atoms with Crippen LogP contribution in [-0.2, 0) is 14.8 Å². The van der Waals surface area contributed by atoms with Crippen molar-refractivity contribution >= 4 is 15.9 Å². The molecular weight excluding hydrogens is 259 g/mol. The van der Waals surface area contributed by atoms with E-state index in [4.69, 9.17) is 0 Å². The number of hydrogen-bond donors (Lipinski definition) is 2. The Kier molecular flexibility index (Phi) is 5.24. The maximum atomic E-state index is 12.6. The summed E-state index contributed by atoms with van der Waals surface area (Å²) in [7, 11) is -3.77. The summed E-state index contributed by atoms with van der Waals surface area (Å²) in [5.74, 6) is -0.919. The van der Waals surface area contributed by atoms with Crippen molar-refractivity contribution in [2.75, 3.05) is 13.1 Å². The number of carbonyl (C=O) groups excluding carboxylic acids is 1. The lowest BCUT2D eigenvalue weighted by Crippen LogP contribution is -2.37. The van der Waals surface area contributed by atoms with Crippen LogP contribution in [0.4, 0.5) is 4.39 Å². The molecule has 0 saturated carbocycles. The van der Waals surface area contributed by atoms with E-state index in [2.05, 4.69) is 10.0 Å². The Morgan fingerprint density at radius 3 is 2.44 bits per heavy atom. The quantitative estimate of drug-likeness (QED) is 0.799. The molecule has 0 aliphatic carbocycles. The van der Waals surface area contributed by atoms with Gasteiger partial charge >= 0.3 is 0 Å². The third-order valence-electron chi connectivity index (χ3n) is 2.12. The molecule has 0 aromatic heterocycles. The van der Waals surface area contributed by atoms with E-state index >= 15 is 0 Å². The van der Waals surface area contributed by atoms with E-state index in [0.717, 1.165) is 30.7 Å². The van der Waals surface area contributed by atoms with Crippen molar-refractivity contribution in [2.24, 2.45) is 0 Å². The fourth-order valence-electron chi connectivity index (χ4n) is 1.18. The molecule has 0 aliphatic heterocycles. The number of benzene rings is 1. The van der Waals surface area contributed by atoms with Gasteiger partial charge in [0.15, 0.2) is 0 Å². The van der Waals surface area contributed by atoms with Crippen LogP contribution in [0.25, 0.3) is 0 Å². The van der Waals surface area contributed by atoms with Gasteiger partial charge < -0.3 is 5.32 Å². The van der Waals surface area contributed by atoms with Crippen molar-refractivity contribution in [3.8, 4) is 0 Å². The van der Waals surface area contributed by atoms with Crippen molar-refractivity contribution in [1.82, 2.24) is 10.0 Å². The highest BCUT2D eigenvalue weighted by atomic mass is 32.2. The standard InChI is InChI=1S/C11H15FN2O3S/c1-2-7-13-11(15)8-14-18(16,17)10-5-3-9(12)4-6-10/h3-6,14H,2,7-8H2,1H3,(H,13,15). The molecule has 18 heavy (non-hydrogen) atoms. The third kappa shape index (κ3) is 4.42. The molecule has 0 unspecified atom stereocenters. The Morgan fingerprint density at radius 2 is 1.89 bits per heavy atom. The SMILES string of the molecule is CCCNC(=O)CNS(=O)(=O)c1ccc(F)cc1. The van der Waals surface area contributed by atoms with Crippen molar-refractivity contribution in [2.45, 2.75) is 18.2 Å². The van der Waals surface area contributed by atoms with E-state index in [1.807, 2.05) is 6.92 Å². The molecule has 100 valence electrons. The number of nitrogens with one attached hydrogen (secondary N) is 2. The zero-order chi connectivity index (χ0) is 13.6. The van der Waals surface area contributed by atoms with Crippen molar-refractivity contribution in [3.63, 3.8) is 0 Å². The van der Waals surface area contributed by atoms with Gasteiger partial charge in [0.2, 0.25) is 15.9 Å². The molecule has 2 N–H and O–H groups in total. The lowest BCUT2D eigenvalue weighted by molar-refractivity contribution is -0.119. The van der Waals surface area contributed by atoms with Crippen LogP contribution in [0, 0.1) is 5.82 Å². The van der Waals surface area contributed by atoms with Gasteiger partial charge in [-0.25, -0.2) is 17.5 Å². The molecule has 1 aromatic carbocycles. The van der Waals surface area contributed by atoms with E-state index in [1.165, 1.54) is 0 Å². The zero-order valence-electron chi connectivity index (χ0n) is 9.94. The van der Waals surface area contributed by atoms with Crippen LogP contribution in [0.5, 0.6) is 0 Å². The first-order valence-electron chi connectivity index (χ1n) is 5.47. The zero-order valence-corrected chi connectivity index (χ0v) is 10.8. The first kappa shape index (κ1) is 14.6. The van der Waals surface area contributed by atoms with Crippen LogP contribution in [0.1, 0.15) is 13.3 Å². The van der Waals surface area contributed by atoms with Gasteiger partial charge in [-0.05, 0) is 30.7 Å². The Bertz CT molecular complexity index is 500. The minimum Gasteiger partial charge on any atom is -0.355 e. The second-order valence-electron chi connectivity index (χ2n) is 3.63. The predicted molar refractivity (Wildman–Crippen MR) is 64.9 cm³/mol. The van der Waals surface area contributed by atoms with Gasteiger partial charge in [-0.1, -0.05) is 6.92 Å². The topological polar surface area (TPSA) is 75.3 Å². The molecule has 5 nitrogen and oxygen atoms in total.